The second-order valence-electron chi connectivity index (χ2n) is 6.43. The summed E-state index contributed by atoms with van der Waals surface area (Å²) in [5, 5.41) is 3.05. The van der Waals surface area contributed by atoms with Crippen LogP contribution in [0.15, 0.2) is 36.7 Å². The van der Waals surface area contributed by atoms with E-state index in [1.807, 2.05) is 25.2 Å². The summed E-state index contributed by atoms with van der Waals surface area (Å²) in [5.41, 5.74) is 1.12. The standard InChI is InChI=1S/C19H26N4O2/c1-22-13-10-20-18(22)19(24)21-14-16(23-11-6-3-7-12-23)15-8-4-5-9-17(15)25-2/h4-5,8-10,13,16H,3,6-7,11-12,14H2,1-2H3,(H,21,24). The number of carbonyl (C=O) groups is 1. The van der Waals surface area contributed by atoms with Crippen molar-refractivity contribution in [3.8, 4) is 5.75 Å². The number of aromatic nitrogens is 2. The van der Waals surface area contributed by atoms with Gasteiger partial charge in [0.2, 0.25) is 0 Å². The molecule has 3 rings (SSSR count). The predicted octanol–water partition coefficient (Wildman–Crippen LogP) is 2.39. The van der Waals surface area contributed by atoms with Crippen LogP contribution in [0.3, 0.4) is 0 Å². The summed E-state index contributed by atoms with van der Waals surface area (Å²) in [4.78, 5) is 19.0. The van der Waals surface area contributed by atoms with Gasteiger partial charge in [-0.15, -0.1) is 0 Å². The average Bonchev–Trinajstić information content (AvgIpc) is 3.09. The molecule has 0 radical (unpaired) electrons. The van der Waals surface area contributed by atoms with Crippen molar-refractivity contribution in [2.75, 3.05) is 26.7 Å². The lowest BCUT2D eigenvalue weighted by atomic mass is 10.0. The fraction of sp³-hybridized carbons (Fsp3) is 0.474. The Balaban J connectivity index is 1.79. The fourth-order valence-corrected chi connectivity index (χ4v) is 3.46. The van der Waals surface area contributed by atoms with Crippen molar-refractivity contribution in [3.05, 3.63) is 48.0 Å². The number of amides is 1. The van der Waals surface area contributed by atoms with Crippen molar-refractivity contribution in [2.24, 2.45) is 7.05 Å². The van der Waals surface area contributed by atoms with Crippen molar-refractivity contribution < 1.29 is 9.53 Å². The predicted molar refractivity (Wildman–Crippen MR) is 96.7 cm³/mol. The van der Waals surface area contributed by atoms with Crippen LogP contribution in [-0.2, 0) is 7.05 Å². The van der Waals surface area contributed by atoms with Crippen molar-refractivity contribution in [1.82, 2.24) is 19.8 Å². The molecule has 1 atom stereocenters. The Bertz CT molecular complexity index is 707. The van der Waals surface area contributed by atoms with E-state index in [9.17, 15) is 4.79 Å². The molecule has 1 aromatic carbocycles. The Labute approximate surface area is 148 Å². The molecular formula is C19H26N4O2. The third-order valence-electron chi connectivity index (χ3n) is 4.81. The minimum Gasteiger partial charge on any atom is -0.496 e. The number of piperidine rings is 1. The Morgan fingerprint density at radius 1 is 1.28 bits per heavy atom. The first-order valence-corrected chi connectivity index (χ1v) is 8.83. The van der Waals surface area contributed by atoms with Crippen LogP contribution < -0.4 is 10.1 Å². The van der Waals surface area contributed by atoms with Gasteiger partial charge in [0.1, 0.15) is 5.75 Å². The van der Waals surface area contributed by atoms with Gasteiger partial charge >= 0.3 is 0 Å². The zero-order valence-corrected chi connectivity index (χ0v) is 14.9. The third kappa shape index (κ3) is 4.02. The third-order valence-corrected chi connectivity index (χ3v) is 4.81. The van der Waals surface area contributed by atoms with E-state index >= 15 is 0 Å². The summed E-state index contributed by atoms with van der Waals surface area (Å²) >= 11 is 0. The number of hydrogen-bond acceptors (Lipinski definition) is 4. The van der Waals surface area contributed by atoms with Crippen molar-refractivity contribution in [3.63, 3.8) is 0 Å². The summed E-state index contributed by atoms with van der Waals surface area (Å²) in [5.74, 6) is 1.14. The van der Waals surface area contributed by atoms with Crippen LogP contribution in [-0.4, -0.2) is 47.1 Å². The van der Waals surface area contributed by atoms with Crippen molar-refractivity contribution in [1.29, 1.82) is 0 Å². The van der Waals surface area contributed by atoms with Gasteiger partial charge in [0.05, 0.1) is 13.2 Å². The van der Waals surface area contributed by atoms with E-state index in [-0.39, 0.29) is 11.9 Å². The highest BCUT2D eigenvalue weighted by Gasteiger charge is 2.25. The molecule has 0 bridgehead atoms. The molecule has 2 aromatic rings. The molecule has 1 fully saturated rings. The summed E-state index contributed by atoms with van der Waals surface area (Å²) in [6.07, 6.45) is 7.07. The monoisotopic (exact) mass is 342 g/mol. The van der Waals surface area contributed by atoms with Gasteiger partial charge in [0.15, 0.2) is 5.82 Å². The van der Waals surface area contributed by atoms with Crippen LogP contribution >= 0.6 is 0 Å². The molecule has 134 valence electrons. The largest absolute Gasteiger partial charge is 0.496 e. The van der Waals surface area contributed by atoms with Gasteiger partial charge in [0.25, 0.3) is 5.91 Å². The molecule has 1 saturated heterocycles. The molecule has 1 unspecified atom stereocenters. The first-order chi connectivity index (χ1) is 12.2. The molecule has 1 aliphatic heterocycles. The molecule has 0 saturated carbocycles. The van der Waals surface area contributed by atoms with Gasteiger partial charge in [-0.05, 0) is 32.0 Å². The number of benzene rings is 1. The number of imidazole rings is 1. The van der Waals surface area contributed by atoms with Crippen molar-refractivity contribution >= 4 is 5.91 Å². The van der Waals surface area contributed by atoms with Gasteiger partial charge in [-0.2, -0.15) is 0 Å². The van der Waals surface area contributed by atoms with Gasteiger partial charge in [-0.25, -0.2) is 4.98 Å². The Kier molecular flexibility index (Phi) is 5.71. The number of carbonyl (C=O) groups excluding carboxylic acids is 1. The lowest BCUT2D eigenvalue weighted by Gasteiger charge is -2.35. The topological polar surface area (TPSA) is 59.4 Å². The van der Waals surface area contributed by atoms with Crippen LogP contribution in [0.5, 0.6) is 5.75 Å². The number of methoxy groups -OCH3 is 1. The van der Waals surface area contributed by atoms with Crippen LogP contribution in [0.1, 0.15) is 41.5 Å². The Morgan fingerprint density at radius 3 is 2.72 bits per heavy atom. The zero-order valence-electron chi connectivity index (χ0n) is 14.9. The highest BCUT2D eigenvalue weighted by molar-refractivity contribution is 5.90. The second-order valence-corrected chi connectivity index (χ2v) is 6.43. The van der Waals surface area contributed by atoms with Crippen LogP contribution in [0.4, 0.5) is 0 Å². The lowest BCUT2D eigenvalue weighted by Crippen LogP contribution is -2.41. The Hall–Kier alpha value is -2.34. The molecule has 2 heterocycles. The molecule has 6 nitrogen and oxygen atoms in total. The summed E-state index contributed by atoms with van der Waals surface area (Å²) in [6.45, 7) is 2.62. The SMILES string of the molecule is COc1ccccc1C(CNC(=O)c1nccn1C)N1CCCCC1. The van der Waals surface area contributed by atoms with Crippen LogP contribution in [0.2, 0.25) is 0 Å². The van der Waals surface area contributed by atoms with Gasteiger partial charge in [-0.3, -0.25) is 9.69 Å². The summed E-state index contributed by atoms with van der Waals surface area (Å²) < 4.78 is 7.29. The number of nitrogens with one attached hydrogen (secondary N) is 1. The number of nitrogens with zero attached hydrogens (tertiary/aromatic N) is 3. The first-order valence-electron chi connectivity index (χ1n) is 8.83. The highest BCUT2D eigenvalue weighted by atomic mass is 16.5. The number of rotatable bonds is 6. The van der Waals surface area contributed by atoms with E-state index in [4.69, 9.17) is 4.74 Å². The molecule has 1 amide bonds. The van der Waals surface area contributed by atoms with Crippen molar-refractivity contribution in [2.45, 2.75) is 25.3 Å². The fourth-order valence-electron chi connectivity index (χ4n) is 3.46. The van der Waals surface area contributed by atoms with Gasteiger partial charge in [0, 0.05) is 31.5 Å². The molecule has 1 aliphatic rings. The average molecular weight is 342 g/mol. The minimum absolute atomic E-state index is 0.0978. The minimum atomic E-state index is -0.149. The molecule has 0 spiro atoms. The smallest absolute Gasteiger partial charge is 0.287 e. The Morgan fingerprint density at radius 2 is 2.04 bits per heavy atom. The van der Waals surface area contributed by atoms with E-state index in [0.29, 0.717) is 12.4 Å². The maximum Gasteiger partial charge on any atom is 0.287 e. The van der Waals surface area contributed by atoms with Gasteiger partial charge < -0.3 is 14.6 Å². The van der Waals surface area contributed by atoms with E-state index in [1.54, 1.807) is 24.1 Å². The highest BCUT2D eigenvalue weighted by Crippen LogP contribution is 2.30. The maximum absolute atomic E-state index is 12.5. The number of likely N-dealkylation sites (tertiary alicyclic amines) is 1. The van der Waals surface area contributed by atoms with Gasteiger partial charge in [-0.1, -0.05) is 24.6 Å². The van der Waals surface area contributed by atoms with Crippen LogP contribution in [0, 0.1) is 0 Å². The quantitative estimate of drug-likeness (QED) is 0.876. The lowest BCUT2D eigenvalue weighted by molar-refractivity contribution is 0.0910. The molecule has 1 N–H and O–H groups in total. The van der Waals surface area contributed by atoms with E-state index in [2.05, 4.69) is 21.3 Å². The van der Waals surface area contributed by atoms with E-state index in [0.717, 1.165) is 24.4 Å². The molecule has 0 aliphatic carbocycles. The normalized spacial score (nSPS) is 16.4. The molecule has 1 aromatic heterocycles. The maximum atomic E-state index is 12.5. The number of hydrogen-bond donors (Lipinski definition) is 1. The molecular weight excluding hydrogens is 316 g/mol. The zero-order chi connectivity index (χ0) is 17.6. The summed E-state index contributed by atoms with van der Waals surface area (Å²) in [6, 6.07) is 8.16. The molecule has 25 heavy (non-hydrogen) atoms. The number of para-hydroxylation sites is 1. The van der Waals surface area contributed by atoms with E-state index in [1.165, 1.54) is 19.3 Å². The number of aryl methyl sites for hydroxylation is 1. The first kappa shape index (κ1) is 17.5. The summed E-state index contributed by atoms with van der Waals surface area (Å²) in [7, 11) is 3.52. The molecule has 6 heteroatoms. The second kappa shape index (κ2) is 8.16. The van der Waals surface area contributed by atoms with Crippen LogP contribution in [0.25, 0.3) is 0 Å². The number of ether oxygens (including phenoxy) is 1. The van der Waals surface area contributed by atoms with E-state index < -0.39 is 0 Å².